The first kappa shape index (κ1) is 21.5. The number of rotatable bonds is 7. The number of piperidine rings is 1. The fraction of sp³-hybridized carbons (Fsp3) is 0.476. The molecule has 4 rings (SSSR count). The van der Waals surface area contributed by atoms with Crippen molar-refractivity contribution >= 4 is 23.7 Å². The molecule has 10 heteroatoms. The molecule has 0 saturated carbocycles. The minimum Gasteiger partial charge on any atom is -0.368 e. The average molecular weight is 440 g/mol. The number of nitrogens with two attached hydrogens (primary N) is 1. The molecule has 1 unspecified atom stereocenters. The van der Waals surface area contributed by atoms with E-state index in [4.69, 9.17) is 5.73 Å². The van der Waals surface area contributed by atoms with Crippen LogP contribution in [0.1, 0.15) is 43.1 Å². The molecule has 3 heterocycles. The van der Waals surface area contributed by atoms with Crippen molar-refractivity contribution in [3.8, 4) is 5.69 Å². The Hall–Kier alpha value is -2.72. The lowest BCUT2D eigenvalue weighted by molar-refractivity contribution is 0.214. The van der Waals surface area contributed by atoms with Crippen molar-refractivity contribution in [2.24, 2.45) is 0 Å². The van der Waals surface area contributed by atoms with Gasteiger partial charge in [-0.2, -0.15) is 15.0 Å². The van der Waals surface area contributed by atoms with Gasteiger partial charge in [-0.05, 0) is 45.0 Å². The van der Waals surface area contributed by atoms with Gasteiger partial charge in [0.2, 0.25) is 11.9 Å². The van der Waals surface area contributed by atoms with Gasteiger partial charge in [-0.3, -0.25) is 9.47 Å². The van der Waals surface area contributed by atoms with Gasteiger partial charge in [-0.15, -0.1) is 10.2 Å². The summed E-state index contributed by atoms with van der Waals surface area (Å²) in [6.07, 6.45) is 3.80. The van der Waals surface area contributed by atoms with Crippen molar-refractivity contribution in [1.82, 2.24) is 34.6 Å². The molecule has 3 aromatic rings. The molecule has 0 bridgehead atoms. The van der Waals surface area contributed by atoms with Crippen LogP contribution >= 0.6 is 11.8 Å². The molecule has 0 radical (unpaired) electrons. The molecule has 9 nitrogen and oxygen atoms in total. The van der Waals surface area contributed by atoms with Gasteiger partial charge in [-0.25, -0.2) is 0 Å². The van der Waals surface area contributed by atoms with Crippen LogP contribution in [0.25, 0.3) is 5.69 Å². The molecule has 2 N–H and O–H groups in total. The van der Waals surface area contributed by atoms with Crippen LogP contribution in [-0.2, 0) is 6.54 Å². The zero-order valence-electron chi connectivity index (χ0n) is 18.3. The SMILES string of the molecule is CC(Sc1nnc(CN2CCCCC2)n1-c1ccccc1)c1nc(N)nc(N(C)C)n1. The molecule has 1 aliphatic rings. The van der Waals surface area contributed by atoms with Crippen molar-refractivity contribution in [3.05, 3.63) is 42.0 Å². The molecule has 1 atom stereocenters. The highest BCUT2D eigenvalue weighted by molar-refractivity contribution is 7.99. The Morgan fingerprint density at radius 3 is 2.48 bits per heavy atom. The minimum atomic E-state index is -0.0708. The highest BCUT2D eigenvalue weighted by Gasteiger charge is 2.22. The number of nitrogen functional groups attached to an aromatic ring is 1. The van der Waals surface area contributed by atoms with Crippen molar-refractivity contribution in [2.75, 3.05) is 37.8 Å². The summed E-state index contributed by atoms with van der Waals surface area (Å²) in [6, 6.07) is 10.3. The van der Waals surface area contributed by atoms with Crippen molar-refractivity contribution in [2.45, 2.75) is 43.1 Å². The number of para-hydroxylation sites is 1. The number of hydrogen-bond donors (Lipinski definition) is 1. The van der Waals surface area contributed by atoms with Crippen LogP contribution in [0.5, 0.6) is 0 Å². The molecular weight excluding hydrogens is 410 g/mol. The van der Waals surface area contributed by atoms with E-state index in [0.717, 1.165) is 36.3 Å². The molecule has 1 aromatic carbocycles. The van der Waals surface area contributed by atoms with E-state index in [-0.39, 0.29) is 11.2 Å². The first-order valence-electron chi connectivity index (χ1n) is 10.6. The Kier molecular flexibility index (Phi) is 6.67. The second kappa shape index (κ2) is 9.61. The van der Waals surface area contributed by atoms with Gasteiger partial charge in [0.1, 0.15) is 5.82 Å². The van der Waals surface area contributed by atoms with Crippen LogP contribution in [0.15, 0.2) is 35.5 Å². The van der Waals surface area contributed by atoms with E-state index in [1.54, 1.807) is 11.8 Å². The largest absolute Gasteiger partial charge is 0.368 e. The summed E-state index contributed by atoms with van der Waals surface area (Å²) in [6.45, 7) is 5.06. The Bertz CT molecular complexity index is 999. The van der Waals surface area contributed by atoms with Gasteiger partial charge < -0.3 is 10.6 Å². The van der Waals surface area contributed by atoms with E-state index in [2.05, 4.69) is 46.7 Å². The van der Waals surface area contributed by atoms with Crippen LogP contribution < -0.4 is 10.6 Å². The van der Waals surface area contributed by atoms with E-state index in [9.17, 15) is 0 Å². The molecule has 1 saturated heterocycles. The minimum absolute atomic E-state index is 0.0708. The molecular formula is C21H29N9S. The predicted molar refractivity (Wildman–Crippen MR) is 123 cm³/mol. The first-order chi connectivity index (χ1) is 15.0. The third kappa shape index (κ3) is 5.13. The number of benzene rings is 1. The third-order valence-electron chi connectivity index (χ3n) is 5.23. The van der Waals surface area contributed by atoms with Crippen LogP contribution in [0.3, 0.4) is 0 Å². The maximum absolute atomic E-state index is 5.92. The molecule has 0 spiro atoms. The number of aromatic nitrogens is 6. The normalized spacial score (nSPS) is 15.7. The standard InChI is InChI=1S/C21H29N9S/c1-15(18-23-19(22)25-20(24-18)28(2)3)31-21-27-26-17(14-29-12-8-5-9-13-29)30(21)16-10-6-4-7-11-16/h4,6-7,10-11,15H,5,8-9,12-14H2,1-3H3,(H2,22,23,24,25). The molecule has 2 aromatic heterocycles. The topological polar surface area (TPSA) is 102 Å². The summed E-state index contributed by atoms with van der Waals surface area (Å²) in [5.41, 5.74) is 6.97. The summed E-state index contributed by atoms with van der Waals surface area (Å²) in [5, 5.41) is 9.85. The number of likely N-dealkylation sites (tertiary alicyclic amines) is 1. The van der Waals surface area contributed by atoms with Gasteiger partial charge in [0.15, 0.2) is 11.0 Å². The lowest BCUT2D eigenvalue weighted by Gasteiger charge is -2.26. The molecule has 1 fully saturated rings. The zero-order chi connectivity index (χ0) is 21.8. The van der Waals surface area contributed by atoms with E-state index in [1.165, 1.54) is 19.3 Å². The van der Waals surface area contributed by atoms with E-state index in [0.29, 0.717) is 11.8 Å². The quantitative estimate of drug-likeness (QED) is 0.557. The number of thioether (sulfide) groups is 1. The van der Waals surface area contributed by atoms with Crippen LogP contribution in [0.4, 0.5) is 11.9 Å². The van der Waals surface area contributed by atoms with E-state index >= 15 is 0 Å². The molecule has 0 amide bonds. The highest BCUT2D eigenvalue weighted by atomic mass is 32.2. The third-order valence-corrected chi connectivity index (χ3v) is 6.27. The lowest BCUT2D eigenvalue weighted by atomic mass is 10.1. The fourth-order valence-corrected chi connectivity index (χ4v) is 4.55. The number of hydrogen-bond acceptors (Lipinski definition) is 9. The monoisotopic (exact) mass is 439 g/mol. The highest BCUT2D eigenvalue weighted by Crippen LogP contribution is 2.34. The smallest absolute Gasteiger partial charge is 0.229 e. The van der Waals surface area contributed by atoms with Crippen molar-refractivity contribution in [1.29, 1.82) is 0 Å². The van der Waals surface area contributed by atoms with Gasteiger partial charge in [-0.1, -0.05) is 36.4 Å². The van der Waals surface area contributed by atoms with E-state index < -0.39 is 0 Å². The predicted octanol–water partition coefficient (Wildman–Crippen LogP) is 2.94. The molecule has 31 heavy (non-hydrogen) atoms. The molecule has 0 aliphatic carbocycles. The number of nitrogens with zero attached hydrogens (tertiary/aromatic N) is 8. The summed E-state index contributed by atoms with van der Waals surface area (Å²) >= 11 is 1.57. The van der Waals surface area contributed by atoms with Crippen LogP contribution in [0, 0.1) is 0 Å². The maximum Gasteiger partial charge on any atom is 0.229 e. The average Bonchev–Trinajstić information content (AvgIpc) is 3.16. The Morgan fingerprint density at radius 2 is 1.77 bits per heavy atom. The van der Waals surface area contributed by atoms with Gasteiger partial charge >= 0.3 is 0 Å². The van der Waals surface area contributed by atoms with Crippen LogP contribution in [-0.4, -0.2) is 61.8 Å². The fourth-order valence-electron chi connectivity index (χ4n) is 3.62. The Balaban J connectivity index is 1.63. The van der Waals surface area contributed by atoms with Crippen molar-refractivity contribution < 1.29 is 0 Å². The Morgan fingerprint density at radius 1 is 1.03 bits per heavy atom. The second-order valence-electron chi connectivity index (χ2n) is 7.91. The Labute approximate surface area is 187 Å². The van der Waals surface area contributed by atoms with Gasteiger partial charge in [0, 0.05) is 19.8 Å². The number of anilines is 2. The summed E-state index contributed by atoms with van der Waals surface area (Å²) in [4.78, 5) is 17.4. The van der Waals surface area contributed by atoms with Crippen LogP contribution in [0.2, 0.25) is 0 Å². The van der Waals surface area contributed by atoms with E-state index in [1.807, 2.05) is 44.1 Å². The van der Waals surface area contributed by atoms with Crippen molar-refractivity contribution in [3.63, 3.8) is 0 Å². The first-order valence-corrected chi connectivity index (χ1v) is 11.5. The lowest BCUT2D eigenvalue weighted by Crippen LogP contribution is -2.30. The van der Waals surface area contributed by atoms with Gasteiger partial charge in [0.05, 0.1) is 11.8 Å². The zero-order valence-corrected chi connectivity index (χ0v) is 19.1. The molecule has 164 valence electrons. The summed E-state index contributed by atoms with van der Waals surface area (Å²) in [7, 11) is 3.77. The second-order valence-corrected chi connectivity index (χ2v) is 9.22. The molecule has 1 aliphatic heterocycles. The maximum atomic E-state index is 5.92. The summed E-state index contributed by atoms with van der Waals surface area (Å²) in [5.74, 6) is 2.34. The summed E-state index contributed by atoms with van der Waals surface area (Å²) < 4.78 is 2.15. The van der Waals surface area contributed by atoms with Gasteiger partial charge in [0.25, 0.3) is 0 Å².